The Kier molecular flexibility index (Phi) is 6.48. The van der Waals surface area contributed by atoms with Crippen LogP contribution in [-0.2, 0) is 11.3 Å². The van der Waals surface area contributed by atoms with Crippen LogP contribution < -0.4 is 9.47 Å². The molecular formula is C19H22O4. The van der Waals surface area contributed by atoms with Gasteiger partial charge < -0.3 is 14.2 Å². The molecule has 0 aliphatic carbocycles. The zero-order chi connectivity index (χ0) is 16.5. The van der Waals surface area contributed by atoms with Crippen molar-refractivity contribution in [1.29, 1.82) is 0 Å². The van der Waals surface area contributed by atoms with Crippen LogP contribution in [0.3, 0.4) is 0 Å². The minimum atomic E-state index is -0.389. The van der Waals surface area contributed by atoms with Crippen molar-refractivity contribution in [3.63, 3.8) is 0 Å². The summed E-state index contributed by atoms with van der Waals surface area (Å²) in [4.78, 5) is 11.7. The molecule has 4 heteroatoms. The van der Waals surface area contributed by atoms with Crippen LogP contribution >= 0.6 is 0 Å². The van der Waals surface area contributed by atoms with E-state index in [1.54, 1.807) is 18.2 Å². The maximum Gasteiger partial charge on any atom is 0.337 e. The van der Waals surface area contributed by atoms with E-state index in [2.05, 4.69) is 6.92 Å². The van der Waals surface area contributed by atoms with Gasteiger partial charge in [0.05, 0.1) is 19.3 Å². The molecule has 0 amide bonds. The largest absolute Gasteiger partial charge is 0.490 e. The lowest BCUT2D eigenvalue weighted by Gasteiger charge is -2.14. The monoisotopic (exact) mass is 314 g/mol. The van der Waals surface area contributed by atoms with Crippen LogP contribution in [0.1, 0.15) is 35.7 Å². The number of esters is 1. The third kappa shape index (κ3) is 5.02. The highest BCUT2D eigenvalue weighted by atomic mass is 16.5. The van der Waals surface area contributed by atoms with Crippen LogP contribution in [-0.4, -0.2) is 19.7 Å². The first-order valence-electron chi connectivity index (χ1n) is 7.76. The van der Waals surface area contributed by atoms with E-state index in [0.29, 0.717) is 30.3 Å². The minimum Gasteiger partial charge on any atom is -0.490 e. The maximum absolute atomic E-state index is 11.7. The molecule has 122 valence electrons. The molecule has 0 aliphatic heterocycles. The first-order valence-corrected chi connectivity index (χ1v) is 7.76. The van der Waals surface area contributed by atoms with Crippen molar-refractivity contribution in [1.82, 2.24) is 0 Å². The molecule has 0 saturated heterocycles. The van der Waals surface area contributed by atoms with E-state index in [1.165, 1.54) is 7.11 Å². The molecule has 0 saturated carbocycles. The second kappa shape index (κ2) is 8.83. The number of benzene rings is 2. The van der Waals surface area contributed by atoms with Gasteiger partial charge in [-0.15, -0.1) is 0 Å². The van der Waals surface area contributed by atoms with Crippen molar-refractivity contribution >= 4 is 5.97 Å². The van der Waals surface area contributed by atoms with Gasteiger partial charge in [0.25, 0.3) is 0 Å². The molecule has 23 heavy (non-hydrogen) atoms. The highest BCUT2D eigenvalue weighted by Gasteiger charge is 2.12. The van der Waals surface area contributed by atoms with Gasteiger partial charge in [-0.05, 0) is 30.2 Å². The normalized spacial score (nSPS) is 10.2. The third-order valence-electron chi connectivity index (χ3n) is 3.36. The molecule has 0 fully saturated rings. The molecule has 0 spiro atoms. The number of carbonyl (C=O) groups excluding carboxylic acids is 1. The second-order valence-electron chi connectivity index (χ2n) is 5.13. The zero-order valence-corrected chi connectivity index (χ0v) is 13.6. The highest BCUT2D eigenvalue weighted by Crippen LogP contribution is 2.29. The van der Waals surface area contributed by atoms with Crippen LogP contribution in [0.5, 0.6) is 11.5 Å². The summed E-state index contributed by atoms with van der Waals surface area (Å²) in [5, 5.41) is 0. The third-order valence-corrected chi connectivity index (χ3v) is 3.36. The molecule has 0 heterocycles. The molecule has 2 rings (SSSR count). The molecule has 2 aromatic carbocycles. The Morgan fingerprint density at radius 3 is 2.48 bits per heavy atom. The van der Waals surface area contributed by atoms with Crippen LogP contribution in [0.25, 0.3) is 0 Å². The van der Waals surface area contributed by atoms with Gasteiger partial charge in [0.1, 0.15) is 6.61 Å². The summed E-state index contributed by atoms with van der Waals surface area (Å²) in [6, 6.07) is 15.0. The lowest BCUT2D eigenvalue weighted by molar-refractivity contribution is 0.0600. The minimum absolute atomic E-state index is 0.389. The lowest BCUT2D eigenvalue weighted by Crippen LogP contribution is -2.05. The molecule has 0 aromatic heterocycles. The van der Waals surface area contributed by atoms with Crippen LogP contribution in [0.2, 0.25) is 0 Å². The van der Waals surface area contributed by atoms with E-state index in [1.807, 2.05) is 30.3 Å². The molecule has 0 atom stereocenters. The average Bonchev–Trinajstić information content (AvgIpc) is 2.61. The summed E-state index contributed by atoms with van der Waals surface area (Å²) in [6.45, 7) is 3.13. The Hall–Kier alpha value is -2.49. The van der Waals surface area contributed by atoms with Crippen molar-refractivity contribution in [2.24, 2.45) is 0 Å². The lowest BCUT2D eigenvalue weighted by atomic mass is 10.2. The Bertz CT molecular complexity index is 623. The fourth-order valence-electron chi connectivity index (χ4n) is 2.05. The number of methoxy groups -OCH3 is 1. The Labute approximate surface area is 137 Å². The SMILES string of the molecule is CCCCOc1cc(C(=O)OC)ccc1OCc1ccccc1. The van der Waals surface area contributed by atoms with E-state index in [9.17, 15) is 4.79 Å². The molecular weight excluding hydrogens is 292 g/mol. The Morgan fingerprint density at radius 1 is 1.00 bits per heavy atom. The fourth-order valence-corrected chi connectivity index (χ4v) is 2.05. The van der Waals surface area contributed by atoms with E-state index >= 15 is 0 Å². The van der Waals surface area contributed by atoms with Gasteiger partial charge in [-0.25, -0.2) is 4.79 Å². The molecule has 0 bridgehead atoms. The number of unbranched alkanes of at least 4 members (excludes halogenated alkanes) is 1. The van der Waals surface area contributed by atoms with Gasteiger partial charge in [0.15, 0.2) is 11.5 Å². The Balaban J connectivity index is 2.13. The predicted molar refractivity (Wildman–Crippen MR) is 89.0 cm³/mol. The average molecular weight is 314 g/mol. The number of hydrogen-bond donors (Lipinski definition) is 0. The van der Waals surface area contributed by atoms with E-state index in [4.69, 9.17) is 14.2 Å². The molecule has 0 aliphatic rings. The molecule has 0 unspecified atom stereocenters. The second-order valence-corrected chi connectivity index (χ2v) is 5.13. The highest BCUT2D eigenvalue weighted by molar-refractivity contribution is 5.90. The maximum atomic E-state index is 11.7. The summed E-state index contributed by atoms with van der Waals surface area (Å²) < 4.78 is 16.4. The van der Waals surface area contributed by atoms with Crippen LogP contribution in [0, 0.1) is 0 Å². The number of rotatable bonds is 8. The van der Waals surface area contributed by atoms with Crippen LogP contribution in [0.4, 0.5) is 0 Å². The van der Waals surface area contributed by atoms with Gasteiger partial charge in [0, 0.05) is 0 Å². The van der Waals surface area contributed by atoms with Gasteiger partial charge in [-0.3, -0.25) is 0 Å². The topological polar surface area (TPSA) is 44.8 Å². The number of ether oxygens (including phenoxy) is 3. The molecule has 4 nitrogen and oxygen atoms in total. The summed E-state index contributed by atoms with van der Waals surface area (Å²) in [6.07, 6.45) is 1.98. The molecule has 0 N–H and O–H groups in total. The standard InChI is InChI=1S/C19H22O4/c1-3-4-12-22-18-13-16(19(20)21-2)10-11-17(18)23-14-15-8-6-5-7-9-15/h5-11,13H,3-4,12,14H2,1-2H3. The van der Waals surface area contributed by atoms with E-state index in [0.717, 1.165) is 18.4 Å². The van der Waals surface area contributed by atoms with Gasteiger partial charge in [-0.2, -0.15) is 0 Å². The predicted octanol–water partition coefficient (Wildman–Crippen LogP) is 4.23. The fraction of sp³-hybridized carbons (Fsp3) is 0.316. The van der Waals surface area contributed by atoms with Crippen LogP contribution in [0.15, 0.2) is 48.5 Å². The number of hydrogen-bond acceptors (Lipinski definition) is 4. The first kappa shape index (κ1) is 16.9. The van der Waals surface area contributed by atoms with Crippen molar-refractivity contribution in [2.45, 2.75) is 26.4 Å². The summed E-state index contributed by atoms with van der Waals surface area (Å²) in [7, 11) is 1.36. The van der Waals surface area contributed by atoms with Crippen molar-refractivity contribution < 1.29 is 19.0 Å². The molecule has 0 radical (unpaired) electrons. The quantitative estimate of drug-likeness (QED) is 0.540. The van der Waals surface area contributed by atoms with Crippen molar-refractivity contribution in [3.05, 3.63) is 59.7 Å². The van der Waals surface area contributed by atoms with Gasteiger partial charge in [0.2, 0.25) is 0 Å². The van der Waals surface area contributed by atoms with Gasteiger partial charge >= 0.3 is 5.97 Å². The Morgan fingerprint density at radius 2 is 1.78 bits per heavy atom. The van der Waals surface area contributed by atoms with Crippen molar-refractivity contribution in [3.8, 4) is 11.5 Å². The number of carbonyl (C=O) groups is 1. The summed E-state index contributed by atoms with van der Waals surface area (Å²) in [5.74, 6) is 0.801. The summed E-state index contributed by atoms with van der Waals surface area (Å²) in [5.41, 5.74) is 1.52. The van der Waals surface area contributed by atoms with Gasteiger partial charge in [-0.1, -0.05) is 43.7 Å². The smallest absolute Gasteiger partial charge is 0.337 e. The zero-order valence-electron chi connectivity index (χ0n) is 13.6. The van der Waals surface area contributed by atoms with Crippen molar-refractivity contribution in [2.75, 3.05) is 13.7 Å². The summed E-state index contributed by atoms with van der Waals surface area (Å²) >= 11 is 0. The first-order chi connectivity index (χ1) is 11.2. The molecule has 2 aromatic rings. The van der Waals surface area contributed by atoms with E-state index < -0.39 is 0 Å². The van der Waals surface area contributed by atoms with E-state index in [-0.39, 0.29) is 5.97 Å².